The minimum absolute atomic E-state index is 0.279. The van der Waals surface area contributed by atoms with E-state index >= 15 is 0 Å². The van der Waals surface area contributed by atoms with Gasteiger partial charge in [0.15, 0.2) is 0 Å². The number of nitrogens with one attached hydrogen (secondary N) is 1. The Labute approximate surface area is 128 Å². The molecule has 0 saturated carbocycles. The summed E-state index contributed by atoms with van der Waals surface area (Å²) < 4.78 is 27.4. The van der Waals surface area contributed by atoms with Crippen molar-refractivity contribution in [1.82, 2.24) is 5.32 Å². The molecule has 1 unspecified atom stereocenters. The Hall–Kier alpha value is -1.45. The number of halogens is 3. The Morgan fingerprint density at radius 3 is 2.67 bits per heavy atom. The third-order valence-corrected chi connectivity index (χ3v) is 3.54. The average molecular weight is 310 g/mol. The minimum atomic E-state index is -0.430. The van der Waals surface area contributed by atoms with Crippen molar-refractivity contribution >= 4 is 11.6 Å². The van der Waals surface area contributed by atoms with Gasteiger partial charge in [0.05, 0.1) is 0 Å². The van der Waals surface area contributed by atoms with Crippen molar-refractivity contribution in [3.8, 4) is 0 Å². The van der Waals surface area contributed by atoms with Crippen LogP contribution in [0, 0.1) is 11.6 Å². The smallest absolute Gasteiger partial charge is 0.128 e. The van der Waals surface area contributed by atoms with Crippen LogP contribution in [0.5, 0.6) is 0 Å². The first-order valence-corrected chi connectivity index (χ1v) is 7.40. The van der Waals surface area contributed by atoms with E-state index in [4.69, 9.17) is 11.6 Å². The van der Waals surface area contributed by atoms with Crippen molar-refractivity contribution < 1.29 is 8.78 Å². The quantitative estimate of drug-likeness (QED) is 0.800. The van der Waals surface area contributed by atoms with E-state index in [1.807, 2.05) is 25.1 Å². The molecule has 0 saturated heterocycles. The second-order valence-electron chi connectivity index (χ2n) is 5.01. The highest BCUT2D eigenvalue weighted by Crippen LogP contribution is 2.23. The zero-order valence-corrected chi connectivity index (χ0v) is 12.6. The lowest BCUT2D eigenvalue weighted by atomic mass is 9.98. The van der Waals surface area contributed by atoms with Crippen LogP contribution in [0.25, 0.3) is 0 Å². The van der Waals surface area contributed by atoms with Crippen molar-refractivity contribution in [3.05, 3.63) is 70.2 Å². The van der Waals surface area contributed by atoms with Gasteiger partial charge in [-0.25, -0.2) is 8.78 Å². The van der Waals surface area contributed by atoms with Crippen molar-refractivity contribution in [3.63, 3.8) is 0 Å². The summed E-state index contributed by atoms with van der Waals surface area (Å²) in [5, 5.41) is 3.91. The van der Waals surface area contributed by atoms with E-state index in [0.717, 1.165) is 24.6 Å². The largest absolute Gasteiger partial charge is 0.310 e. The molecule has 21 heavy (non-hydrogen) atoms. The highest BCUT2D eigenvalue weighted by atomic mass is 35.5. The molecular formula is C17H18ClF2N. The molecule has 2 aromatic carbocycles. The van der Waals surface area contributed by atoms with Crippen LogP contribution >= 0.6 is 11.6 Å². The summed E-state index contributed by atoms with van der Waals surface area (Å²) in [5.74, 6) is -0.826. The molecule has 0 spiro atoms. The Morgan fingerprint density at radius 1 is 1.14 bits per heavy atom. The van der Waals surface area contributed by atoms with Gasteiger partial charge in [-0.1, -0.05) is 30.7 Å². The second kappa shape index (κ2) is 7.53. The van der Waals surface area contributed by atoms with Gasteiger partial charge in [-0.2, -0.15) is 0 Å². The van der Waals surface area contributed by atoms with Crippen LogP contribution in [0.3, 0.4) is 0 Å². The summed E-state index contributed by atoms with van der Waals surface area (Å²) in [6, 6.07) is 10.7. The average Bonchev–Trinajstić information content (AvgIpc) is 2.46. The van der Waals surface area contributed by atoms with Gasteiger partial charge in [0.2, 0.25) is 0 Å². The van der Waals surface area contributed by atoms with Gasteiger partial charge < -0.3 is 5.32 Å². The molecule has 4 heteroatoms. The first-order chi connectivity index (χ1) is 10.1. The van der Waals surface area contributed by atoms with Gasteiger partial charge in [-0.3, -0.25) is 0 Å². The van der Waals surface area contributed by atoms with Gasteiger partial charge in [-0.15, -0.1) is 0 Å². The molecule has 0 aromatic heterocycles. The highest BCUT2D eigenvalue weighted by Gasteiger charge is 2.16. The van der Waals surface area contributed by atoms with Crippen LogP contribution in [-0.2, 0) is 6.42 Å². The molecule has 112 valence electrons. The van der Waals surface area contributed by atoms with E-state index in [2.05, 4.69) is 5.32 Å². The molecule has 1 nitrogen and oxygen atoms in total. The van der Waals surface area contributed by atoms with E-state index < -0.39 is 11.6 Å². The summed E-state index contributed by atoms with van der Waals surface area (Å²) in [5.41, 5.74) is 1.34. The molecule has 0 aliphatic heterocycles. The van der Waals surface area contributed by atoms with Gasteiger partial charge >= 0.3 is 0 Å². The number of hydrogen-bond acceptors (Lipinski definition) is 1. The Balaban J connectivity index is 2.27. The third-order valence-electron chi connectivity index (χ3n) is 3.30. The third kappa shape index (κ3) is 4.51. The maximum Gasteiger partial charge on any atom is 0.128 e. The van der Waals surface area contributed by atoms with Gasteiger partial charge in [0.1, 0.15) is 11.6 Å². The molecule has 1 atom stereocenters. The molecular weight excluding hydrogens is 292 g/mol. The molecule has 0 bridgehead atoms. The van der Waals surface area contributed by atoms with Crippen LogP contribution in [-0.4, -0.2) is 6.54 Å². The number of rotatable bonds is 6. The maximum atomic E-state index is 14.0. The molecule has 0 radical (unpaired) electrons. The van der Waals surface area contributed by atoms with Crippen LogP contribution in [0.15, 0.2) is 42.5 Å². The fraction of sp³-hybridized carbons (Fsp3) is 0.294. The Morgan fingerprint density at radius 2 is 1.95 bits per heavy atom. The fourth-order valence-electron chi connectivity index (χ4n) is 2.29. The normalized spacial score (nSPS) is 12.4. The first-order valence-electron chi connectivity index (χ1n) is 7.03. The molecule has 0 aliphatic rings. The lowest BCUT2D eigenvalue weighted by molar-refractivity contribution is 0.490. The molecule has 2 aromatic rings. The standard InChI is InChI=1S/C17H18ClF2N/c1-2-8-21-17(10-12-4-3-5-13(18)9-12)15-11-14(19)6-7-16(15)20/h3-7,9,11,17,21H,2,8,10H2,1H3. The predicted molar refractivity (Wildman–Crippen MR) is 82.5 cm³/mol. The molecule has 1 N–H and O–H groups in total. The lowest BCUT2D eigenvalue weighted by Gasteiger charge is -2.20. The monoisotopic (exact) mass is 309 g/mol. The molecule has 0 fully saturated rings. The van der Waals surface area contributed by atoms with Crippen LogP contribution in [0.2, 0.25) is 5.02 Å². The van der Waals surface area contributed by atoms with Crippen LogP contribution < -0.4 is 5.32 Å². The fourth-order valence-corrected chi connectivity index (χ4v) is 2.50. The van der Waals surface area contributed by atoms with E-state index in [1.165, 1.54) is 12.1 Å². The Kier molecular flexibility index (Phi) is 5.71. The summed E-state index contributed by atoms with van der Waals surface area (Å²) >= 11 is 5.98. The van der Waals surface area contributed by atoms with E-state index in [1.54, 1.807) is 6.07 Å². The van der Waals surface area contributed by atoms with Gasteiger partial charge in [0.25, 0.3) is 0 Å². The van der Waals surface area contributed by atoms with E-state index in [-0.39, 0.29) is 6.04 Å². The van der Waals surface area contributed by atoms with Crippen LogP contribution in [0.1, 0.15) is 30.5 Å². The molecule has 0 heterocycles. The van der Waals surface area contributed by atoms with Crippen molar-refractivity contribution in [2.45, 2.75) is 25.8 Å². The van der Waals surface area contributed by atoms with Crippen LogP contribution in [0.4, 0.5) is 8.78 Å². The molecule has 0 aliphatic carbocycles. The number of hydrogen-bond donors (Lipinski definition) is 1. The maximum absolute atomic E-state index is 14.0. The minimum Gasteiger partial charge on any atom is -0.310 e. The Bertz CT molecular complexity index is 601. The van der Waals surface area contributed by atoms with Gasteiger partial charge in [-0.05, 0) is 55.3 Å². The van der Waals surface area contributed by atoms with Gasteiger partial charge in [0, 0.05) is 16.6 Å². The summed E-state index contributed by atoms with van der Waals surface area (Å²) in [4.78, 5) is 0. The summed E-state index contributed by atoms with van der Waals surface area (Å²) in [6.45, 7) is 2.77. The zero-order valence-electron chi connectivity index (χ0n) is 11.9. The van der Waals surface area contributed by atoms with Crippen molar-refractivity contribution in [1.29, 1.82) is 0 Å². The SMILES string of the molecule is CCCNC(Cc1cccc(Cl)c1)c1cc(F)ccc1F. The predicted octanol–water partition coefficient (Wildman–Crippen LogP) is 4.90. The van der Waals surface area contributed by atoms with Crippen molar-refractivity contribution in [2.24, 2.45) is 0 Å². The number of benzene rings is 2. The summed E-state index contributed by atoms with van der Waals surface area (Å²) in [6.07, 6.45) is 1.48. The molecule has 0 amide bonds. The van der Waals surface area contributed by atoms with Crippen molar-refractivity contribution in [2.75, 3.05) is 6.54 Å². The van der Waals surface area contributed by atoms with E-state index in [9.17, 15) is 8.78 Å². The first kappa shape index (κ1) is 15.9. The molecule has 2 rings (SSSR count). The van der Waals surface area contributed by atoms with E-state index in [0.29, 0.717) is 17.0 Å². The zero-order chi connectivity index (χ0) is 15.2. The highest BCUT2D eigenvalue weighted by molar-refractivity contribution is 6.30. The summed E-state index contributed by atoms with van der Waals surface area (Å²) in [7, 11) is 0. The lowest BCUT2D eigenvalue weighted by Crippen LogP contribution is -2.25. The second-order valence-corrected chi connectivity index (χ2v) is 5.44. The topological polar surface area (TPSA) is 12.0 Å².